The van der Waals surface area contributed by atoms with Crippen molar-refractivity contribution >= 4 is 6.09 Å². The number of hydrogen-bond donors (Lipinski definition) is 1. The van der Waals surface area contributed by atoms with Gasteiger partial charge >= 0.3 is 6.09 Å². The number of pyridine rings is 1. The number of nitrogens with zero attached hydrogens (tertiary/aromatic N) is 2. The summed E-state index contributed by atoms with van der Waals surface area (Å²) in [5.74, 6) is 0. The van der Waals surface area contributed by atoms with Crippen molar-refractivity contribution in [2.75, 3.05) is 6.54 Å². The van der Waals surface area contributed by atoms with Crippen molar-refractivity contribution < 1.29 is 9.90 Å². The molecule has 0 fully saturated rings. The number of carboxylic acid groups (broad SMARTS) is 1. The molecule has 1 aromatic rings. The van der Waals surface area contributed by atoms with E-state index in [-0.39, 0.29) is 0 Å². The van der Waals surface area contributed by atoms with Gasteiger partial charge in [0.1, 0.15) is 0 Å². The molecule has 0 aliphatic heterocycles. The van der Waals surface area contributed by atoms with E-state index in [4.69, 9.17) is 5.11 Å². The molecule has 0 spiro atoms. The predicted octanol–water partition coefficient (Wildman–Crippen LogP) is 1.58. The van der Waals surface area contributed by atoms with E-state index in [0.29, 0.717) is 13.1 Å². The van der Waals surface area contributed by atoms with Crippen molar-refractivity contribution in [2.45, 2.75) is 13.5 Å². The monoisotopic (exact) mass is 180 g/mol. The van der Waals surface area contributed by atoms with Crippen LogP contribution in [0.25, 0.3) is 0 Å². The van der Waals surface area contributed by atoms with Crippen LogP contribution in [0.4, 0.5) is 4.79 Å². The molecule has 0 radical (unpaired) electrons. The highest BCUT2D eigenvalue weighted by Crippen LogP contribution is 2.02. The van der Waals surface area contributed by atoms with Crippen LogP contribution in [0.5, 0.6) is 0 Å². The summed E-state index contributed by atoms with van der Waals surface area (Å²) in [5.41, 5.74) is 0.909. The van der Waals surface area contributed by atoms with Crippen molar-refractivity contribution in [2.24, 2.45) is 0 Å². The maximum Gasteiger partial charge on any atom is 0.407 e. The van der Waals surface area contributed by atoms with Crippen LogP contribution in [-0.4, -0.2) is 27.6 Å². The molecule has 1 rings (SSSR count). The third-order valence-corrected chi connectivity index (χ3v) is 1.75. The average molecular weight is 180 g/mol. The van der Waals surface area contributed by atoms with Crippen molar-refractivity contribution in [1.82, 2.24) is 9.88 Å². The van der Waals surface area contributed by atoms with Crippen LogP contribution in [-0.2, 0) is 6.54 Å². The van der Waals surface area contributed by atoms with Crippen LogP contribution in [0, 0.1) is 0 Å². The first kappa shape index (κ1) is 9.51. The minimum atomic E-state index is -0.897. The van der Waals surface area contributed by atoms with Gasteiger partial charge in [-0.25, -0.2) is 4.79 Å². The summed E-state index contributed by atoms with van der Waals surface area (Å²) in [6.07, 6.45) is 2.44. The standard InChI is InChI=1S/C9H12N2O2/c1-2-11(9(12)13)7-8-4-3-5-10-6-8/h3-6H,2,7H2,1H3,(H,12,13). The van der Waals surface area contributed by atoms with Gasteiger partial charge in [0.05, 0.1) is 6.54 Å². The lowest BCUT2D eigenvalue weighted by Crippen LogP contribution is -2.28. The minimum absolute atomic E-state index is 0.402. The first-order valence-electron chi connectivity index (χ1n) is 4.10. The van der Waals surface area contributed by atoms with E-state index in [2.05, 4.69) is 4.98 Å². The minimum Gasteiger partial charge on any atom is -0.465 e. The molecule has 1 amide bonds. The number of carbonyl (C=O) groups is 1. The van der Waals surface area contributed by atoms with Gasteiger partial charge < -0.3 is 10.0 Å². The van der Waals surface area contributed by atoms with Crippen molar-refractivity contribution in [1.29, 1.82) is 0 Å². The van der Waals surface area contributed by atoms with Gasteiger partial charge in [-0.05, 0) is 18.6 Å². The summed E-state index contributed by atoms with van der Waals surface area (Å²) in [6, 6.07) is 3.66. The molecule has 0 atom stereocenters. The van der Waals surface area contributed by atoms with Crippen LogP contribution in [0.2, 0.25) is 0 Å². The number of hydrogen-bond acceptors (Lipinski definition) is 2. The maximum absolute atomic E-state index is 10.6. The van der Waals surface area contributed by atoms with Crippen LogP contribution in [0.1, 0.15) is 12.5 Å². The maximum atomic E-state index is 10.6. The molecule has 0 aliphatic carbocycles. The summed E-state index contributed by atoms with van der Waals surface area (Å²) in [6.45, 7) is 2.70. The third kappa shape index (κ3) is 2.74. The number of aromatic nitrogens is 1. The Morgan fingerprint density at radius 2 is 2.46 bits per heavy atom. The van der Waals surface area contributed by atoms with E-state index in [9.17, 15) is 4.79 Å². The molecular weight excluding hydrogens is 168 g/mol. The largest absolute Gasteiger partial charge is 0.465 e. The molecule has 1 N–H and O–H groups in total. The van der Waals surface area contributed by atoms with Crippen LogP contribution in [0.15, 0.2) is 24.5 Å². The fourth-order valence-corrected chi connectivity index (χ4v) is 1.03. The molecule has 0 bridgehead atoms. The summed E-state index contributed by atoms with van der Waals surface area (Å²) >= 11 is 0. The van der Waals surface area contributed by atoms with Gasteiger partial charge in [-0.15, -0.1) is 0 Å². The number of amides is 1. The van der Waals surface area contributed by atoms with Crippen molar-refractivity contribution in [3.63, 3.8) is 0 Å². The molecule has 4 nitrogen and oxygen atoms in total. The summed E-state index contributed by atoms with van der Waals surface area (Å²) in [5, 5.41) is 8.74. The average Bonchev–Trinajstić information content (AvgIpc) is 2.15. The van der Waals surface area contributed by atoms with Crippen molar-refractivity contribution in [3.8, 4) is 0 Å². The van der Waals surface area contributed by atoms with E-state index in [0.717, 1.165) is 5.56 Å². The van der Waals surface area contributed by atoms with Gasteiger partial charge in [-0.3, -0.25) is 4.98 Å². The molecule has 0 aromatic carbocycles. The SMILES string of the molecule is CCN(Cc1cccnc1)C(=O)O. The van der Waals surface area contributed by atoms with Crippen LogP contribution >= 0.6 is 0 Å². The Balaban J connectivity index is 2.62. The molecule has 1 aromatic heterocycles. The Morgan fingerprint density at radius 3 is 2.92 bits per heavy atom. The Morgan fingerprint density at radius 1 is 1.69 bits per heavy atom. The molecule has 4 heteroatoms. The first-order chi connectivity index (χ1) is 6.24. The van der Waals surface area contributed by atoms with Crippen molar-refractivity contribution in [3.05, 3.63) is 30.1 Å². The van der Waals surface area contributed by atoms with Gasteiger partial charge in [-0.1, -0.05) is 6.07 Å². The zero-order chi connectivity index (χ0) is 9.68. The molecule has 13 heavy (non-hydrogen) atoms. The predicted molar refractivity (Wildman–Crippen MR) is 48.3 cm³/mol. The molecular formula is C9H12N2O2. The smallest absolute Gasteiger partial charge is 0.407 e. The van der Waals surface area contributed by atoms with E-state index < -0.39 is 6.09 Å². The van der Waals surface area contributed by atoms with Gasteiger partial charge in [0.15, 0.2) is 0 Å². The fraction of sp³-hybridized carbons (Fsp3) is 0.333. The lowest BCUT2D eigenvalue weighted by atomic mass is 10.3. The van der Waals surface area contributed by atoms with Crippen LogP contribution < -0.4 is 0 Å². The topological polar surface area (TPSA) is 53.4 Å². The zero-order valence-electron chi connectivity index (χ0n) is 7.47. The van der Waals surface area contributed by atoms with E-state index in [1.165, 1.54) is 4.90 Å². The quantitative estimate of drug-likeness (QED) is 0.768. The van der Waals surface area contributed by atoms with E-state index >= 15 is 0 Å². The normalized spacial score (nSPS) is 9.62. The molecule has 0 saturated carbocycles. The Kier molecular flexibility index (Phi) is 3.25. The second-order valence-corrected chi connectivity index (χ2v) is 2.66. The molecule has 0 unspecified atom stereocenters. The Hall–Kier alpha value is -1.58. The highest BCUT2D eigenvalue weighted by atomic mass is 16.4. The summed E-state index contributed by atoms with van der Waals surface area (Å²) in [7, 11) is 0. The molecule has 0 saturated heterocycles. The fourth-order valence-electron chi connectivity index (χ4n) is 1.03. The number of rotatable bonds is 3. The summed E-state index contributed by atoms with van der Waals surface area (Å²) in [4.78, 5) is 15.9. The second-order valence-electron chi connectivity index (χ2n) is 2.66. The van der Waals surface area contributed by atoms with Gasteiger partial charge in [0, 0.05) is 18.9 Å². The zero-order valence-corrected chi connectivity index (χ0v) is 7.47. The summed E-state index contributed by atoms with van der Waals surface area (Å²) < 4.78 is 0. The third-order valence-electron chi connectivity index (χ3n) is 1.75. The Labute approximate surface area is 76.8 Å². The van der Waals surface area contributed by atoms with Gasteiger partial charge in [-0.2, -0.15) is 0 Å². The second kappa shape index (κ2) is 4.45. The van der Waals surface area contributed by atoms with Gasteiger partial charge in [0.25, 0.3) is 0 Å². The van der Waals surface area contributed by atoms with Crippen LogP contribution in [0.3, 0.4) is 0 Å². The van der Waals surface area contributed by atoms with Gasteiger partial charge in [0.2, 0.25) is 0 Å². The molecule has 1 heterocycles. The lowest BCUT2D eigenvalue weighted by Gasteiger charge is -2.16. The highest BCUT2D eigenvalue weighted by Gasteiger charge is 2.08. The highest BCUT2D eigenvalue weighted by molar-refractivity contribution is 5.64. The molecule has 0 aliphatic rings. The van der Waals surface area contributed by atoms with E-state index in [1.807, 2.05) is 13.0 Å². The van der Waals surface area contributed by atoms with E-state index in [1.54, 1.807) is 18.5 Å². The first-order valence-corrected chi connectivity index (χ1v) is 4.10. The molecule has 70 valence electrons. The Bertz CT molecular complexity index is 274. The lowest BCUT2D eigenvalue weighted by molar-refractivity contribution is 0.145.